The Bertz CT molecular complexity index is 390. The third-order valence-electron chi connectivity index (χ3n) is 3.37. The van der Waals surface area contributed by atoms with Crippen LogP contribution < -0.4 is 0 Å². The van der Waals surface area contributed by atoms with E-state index in [1.807, 2.05) is 6.92 Å². The number of carbonyl (C=O) groups is 2. The van der Waals surface area contributed by atoms with Crippen molar-refractivity contribution in [3.05, 3.63) is 12.2 Å². The highest BCUT2D eigenvalue weighted by atomic mass is 16.7. The number of aliphatic hydroxyl groups excluding tert-OH is 1. The number of hydrogen-bond donors (Lipinski definition) is 1. The lowest BCUT2D eigenvalue weighted by molar-refractivity contribution is -0.284. The SMILES string of the molecule is C=C(C)C[C@@H]1[C@@H](OC)O[C@H](CO)[C@@H](OC(C)=O)[C@@H]1OC(C)=O. The molecule has 5 atom stereocenters. The van der Waals surface area contributed by atoms with Gasteiger partial charge in [-0.3, -0.25) is 9.59 Å². The zero-order chi connectivity index (χ0) is 16.9. The molecule has 0 spiro atoms. The molecule has 0 aliphatic carbocycles. The number of ether oxygens (including phenoxy) is 4. The largest absolute Gasteiger partial charge is 0.458 e. The van der Waals surface area contributed by atoms with E-state index in [-0.39, 0.29) is 0 Å². The fraction of sp³-hybridized carbons (Fsp3) is 0.733. The smallest absolute Gasteiger partial charge is 0.303 e. The summed E-state index contributed by atoms with van der Waals surface area (Å²) >= 11 is 0. The quantitative estimate of drug-likeness (QED) is 0.572. The molecule has 7 nitrogen and oxygen atoms in total. The second-order valence-corrected chi connectivity index (χ2v) is 5.43. The first-order chi connectivity index (χ1) is 10.3. The lowest BCUT2D eigenvalue weighted by Gasteiger charge is -2.44. The predicted octanol–water partition coefficient (Wildman–Crippen LogP) is 0.796. The average Bonchev–Trinajstić information content (AvgIpc) is 2.41. The number of rotatable bonds is 6. The van der Waals surface area contributed by atoms with Crippen LogP contribution in [-0.4, -0.2) is 55.4 Å². The van der Waals surface area contributed by atoms with Crippen LogP contribution in [0.25, 0.3) is 0 Å². The molecular weight excluding hydrogens is 292 g/mol. The Balaban J connectivity index is 3.14. The van der Waals surface area contributed by atoms with Gasteiger partial charge in [-0.2, -0.15) is 0 Å². The molecule has 1 fully saturated rings. The van der Waals surface area contributed by atoms with Gasteiger partial charge < -0.3 is 24.1 Å². The van der Waals surface area contributed by atoms with Gasteiger partial charge in [-0.1, -0.05) is 5.57 Å². The average molecular weight is 316 g/mol. The molecule has 1 rings (SSSR count). The van der Waals surface area contributed by atoms with Gasteiger partial charge in [0, 0.05) is 21.0 Å². The van der Waals surface area contributed by atoms with Crippen molar-refractivity contribution in [2.45, 2.75) is 51.8 Å². The molecule has 0 radical (unpaired) electrons. The van der Waals surface area contributed by atoms with Gasteiger partial charge in [0.05, 0.1) is 12.5 Å². The fourth-order valence-electron chi connectivity index (χ4n) is 2.63. The van der Waals surface area contributed by atoms with E-state index in [1.54, 1.807) is 0 Å². The molecule has 1 saturated heterocycles. The predicted molar refractivity (Wildman–Crippen MR) is 76.8 cm³/mol. The van der Waals surface area contributed by atoms with Gasteiger partial charge in [0.25, 0.3) is 0 Å². The van der Waals surface area contributed by atoms with Crippen molar-refractivity contribution in [3.63, 3.8) is 0 Å². The lowest BCUT2D eigenvalue weighted by Crippen LogP contribution is -2.58. The van der Waals surface area contributed by atoms with E-state index < -0.39 is 49.1 Å². The molecule has 0 aromatic carbocycles. The Kier molecular flexibility index (Phi) is 6.99. The number of aliphatic hydroxyl groups is 1. The monoisotopic (exact) mass is 316 g/mol. The van der Waals surface area contributed by atoms with E-state index in [2.05, 4.69) is 6.58 Å². The fourth-order valence-corrected chi connectivity index (χ4v) is 2.63. The topological polar surface area (TPSA) is 91.3 Å². The summed E-state index contributed by atoms with van der Waals surface area (Å²) in [6.07, 6.45) is -2.76. The van der Waals surface area contributed by atoms with E-state index in [4.69, 9.17) is 18.9 Å². The van der Waals surface area contributed by atoms with Crippen LogP contribution in [-0.2, 0) is 28.5 Å². The number of carbonyl (C=O) groups excluding carboxylic acids is 2. The molecular formula is C15H24O7. The number of allylic oxidation sites excluding steroid dienone is 1. The second-order valence-electron chi connectivity index (χ2n) is 5.43. The van der Waals surface area contributed by atoms with Gasteiger partial charge in [0.2, 0.25) is 0 Å². The van der Waals surface area contributed by atoms with Crippen molar-refractivity contribution in [3.8, 4) is 0 Å². The summed E-state index contributed by atoms with van der Waals surface area (Å²) in [5.41, 5.74) is 0.844. The van der Waals surface area contributed by atoms with Gasteiger partial charge in [0.1, 0.15) is 12.2 Å². The number of esters is 2. The van der Waals surface area contributed by atoms with Crippen molar-refractivity contribution in [1.82, 2.24) is 0 Å². The second kappa shape index (κ2) is 8.26. The van der Waals surface area contributed by atoms with Crippen molar-refractivity contribution < 1.29 is 33.6 Å². The number of methoxy groups -OCH3 is 1. The van der Waals surface area contributed by atoms with Gasteiger partial charge >= 0.3 is 11.9 Å². The Labute approximate surface area is 130 Å². The summed E-state index contributed by atoms with van der Waals surface area (Å²) in [5, 5.41) is 9.48. The summed E-state index contributed by atoms with van der Waals surface area (Å²) in [5.74, 6) is -1.45. The first-order valence-electron chi connectivity index (χ1n) is 7.08. The van der Waals surface area contributed by atoms with Crippen LogP contribution in [0.2, 0.25) is 0 Å². The van der Waals surface area contributed by atoms with E-state index in [0.29, 0.717) is 6.42 Å². The first-order valence-corrected chi connectivity index (χ1v) is 7.08. The van der Waals surface area contributed by atoms with E-state index in [1.165, 1.54) is 21.0 Å². The van der Waals surface area contributed by atoms with E-state index in [9.17, 15) is 14.7 Å². The minimum atomic E-state index is -0.901. The molecule has 0 bridgehead atoms. The van der Waals surface area contributed by atoms with Gasteiger partial charge in [0.15, 0.2) is 12.4 Å². The van der Waals surface area contributed by atoms with Crippen LogP contribution in [0.1, 0.15) is 27.2 Å². The van der Waals surface area contributed by atoms with Gasteiger partial charge in [-0.15, -0.1) is 6.58 Å². The molecule has 22 heavy (non-hydrogen) atoms. The van der Waals surface area contributed by atoms with E-state index in [0.717, 1.165) is 5.57 Å². The third-order valence-corrected chi connectivity index (χ3v) is 3.37. The van der Waals surface area contributed by atoms with Crippen LogP contribution in [0.15, 0.2) is 12.2 Å². The maximum atomic E-state index is 11.4. The van der Waals surface area contributed by atoms with E-state index >= 15 is 0 Å². The molecule has 7 heteroatoms. The maximum Gasteiger partial charge on any atom is 0.303 e. The molecule has 126 valence electrons. The Morgan fingerprint density at radius 3 is 2.09 bits per heavy atom. The molecule has 1 heterocycles. The van der Waals surface area contributed by atoms with Crippen molar-refractivity contribution >= 4 is 11.9 Å². The Morgan fingerprint density at radius 1 is 1.14 bits per heavy atom. The standard InChI is InChI=1S/C15H24O7/c1-8(2)6-11-13(20-9(3)17)14(21-10(4)18)12(7-16)22-15(11)19-5/h11-16H,1,6-7H2,2-5H3/t11-,12+,13+,14+,15-/m0/s1. The Hall–Kier alpha value is -1.44. The van der Waals surface area contributed by atoms with Crippen LogP contribution >= 0.6 is 0 Å². The summed E-state index contributed by atoms with van der Waals surface area (Å²) < 4.78 is 21.5. The highest BCUT2D eigenvalue weighted by Gasteiger charge is 2.49. The number of hydrogen-bond acceptors (Lipinski definition) is 7. The van der Waals surface area contributed by atoms with Crippen LogP contribution in [0, 0.1) is 5.92 Å². The normalized spacial score (nSPS) is 31.4. The van der Waals surface area contributed by atoms with Crippen molar-refractivity contribution in [2.75, 3.05) is 13.7 Å². The summed E-state index contributed by atoms with van der Waals surface area (Å²) in [6.45, 7) is 7.80. The summed E-state index contributed by atoms with van der Waals surface area (Å²) in [6, 6.07) is 0. The molecule has 0 aromatic rings. The van der Waals surface area contributed by atoms with Gasteiger partial charge in [-0.05, 0) is 13.3 Å². The zero-order valence-electron chi connectivity index (χ0n) is 13.4. The zero-order valence-corrected chi connectivity index (χ0v) is 13.4. The highest BCUT2D eigenvalue weighted by molar-refractivity contribution is 5.67. The van der Waals surface area contributed by atoms with Crippen molar-refractivity contribution in [1.29, 1.82) is 0 Å². The minimum Gasteiger partial charge on any atom is -0.458 e. The molecule has 0 aromatic heterocycles. The highest BCUT2D eigenvalue weighted by Crippen LogP contribution is 2.34. The Morgan fingerprint density at radius 2 is 1.68 bits per heavy atom. The van der Waals surface area contributed by atoms with Gasteiger partial charge in [-0.25, -0.2) is 0 Å². The summed E-state index contributed by atoms with van der Waals surface area (Å²) in [7, 11) is 1.46. The molecule has 1 aliphatic rings. The molecule has 0 unspecified atom stereocenters. The first kappa shape index (κ1) is 18.6. The van der Waals surface area contributed by atoms with Crippen LogP contribution in [0.3, 0.4) is 0 Å². The molecule has 1 N–H and O–H groups in total. The van der Waals surface area contributed by atoms with Crippen LogP contribution in [0.5, 0.6) is 0 Å². The molecule has 0 saturated carbocycles. The van der Waals surface area contributed by atoms with Crippen LogP contribution in [0.4, 0.5) is 0 Å². The third kappa shape index (κ3) is 4.79. The summed E-state index contributed by atoms with van der Waals surface area (Å²) in [4.78, 5) is 22.8. The molecule has 0 amide bonds. The lowest BCUT2D eigenvalue weighted by atomic mass is 9.86. The maximum absolute atomic E-state index is 11.4. The molecule has 1 aliphatic heterocycles. The minimum absolute atomic E-state index is 0.390. The van der Waals surface area contributed by atoms with Crippen molar-refractivity contribution in [2.24, 2.45) is 5.92 Å².